The maximum Gasteiger partial charge on any atom is 0.325 e. The average Bonchev–Trinajstić information content (AvgIpc) is 2.76. The number of rotatable bonds is 9. The van der Waals surface area contributed by atoms with Crippen molar-refractivity contribution >= 4 is 29.4 Å². The van der Waals surface area contributed by atoms with Gasteiger partial charge in [-0.3, -0.25) is 19.2 Å². The molecule has 0 spiro atoms. The number of nitrogens with one attached hydrogen (secondary N) is 3. The minimum absolute atomic E-state index is 0.292. The van der Waals surface area contributed by atoms with E-state index in [-0.39, 0.29) is 5.91 Å². The predicted octanol–water partition coefficient (Wildman–Crippen LogP) is 1.36. The summed E-state index contributed by atoms with van der Waals surface area (Å²) in [7, 11) is 1.50. The van der Waals surface area contributed by atoms with E-state index < -0.39 is 30.9 Å². The molecular weight excluding hydrogens is 390 g/mol. The molecule has 9 heteroatoms. The highest BCUT2D eigenvalue weighted by atomic mass is 16.5. The molecule has 2 aromatic rings. The van der Waals surface area contributed by atoms with Gasteiger partial charge in [0.2, 0.25) is 0 Å². The second kappa shape index (κ2) is 11.2. The van der Waals surface area contributed by atoms with Gasteiger partial charge in [0.05, 0.1) is 12.2 Å². The van der Waals surface area contributed by atoms with Crippen LogP contribution in [-0.2, 0) is 14.3 Å². The molecule has 0 atom stereocenters. The van der Waals surface area contributed by atoms with Crippen molar-refractivity contribution in [3.63, 3.8) is 0 Å². The SMILES string of the molecule is CCOc1ccccc1C(=O)NCC(=O)OCC(=O)Nc1cccc(C(=O)NC)c1. The van der Waals surface area contributed by atoms with Crippen LogP contribution in [0.15, 0.2) is 48.5 Å². The third-order valence-electron chi connectivity index (χ3n) is 3.82. The molecular formula is C21H23N3O6. The molecule has 0 aliphatic rings. The van der Waals surface area contributed by atoms with Gasteiger partial charge >= 0.3 is 5.97 Å². The molecule has 0 aromatic heterocycles. The van der Waals surface area contributed by atoms with Gasteiger partial charge in [-0.15, -0.1) is 0 Å². The van der Waals surface area contributed by atoms with Crippen LogP contribution in [-0.4, -0.2) is 50.5 Å². The van der Waals surface area contributed by atoms with E-state index in [1.165, 1.54) is 13.1 Å². The fourth-order valence-corrected chi connectivity index (χ4v) is 2.46. The Morgan fingerprint density at radius 1 is 0.967 bits per heavy atom. The molecule has 2 aromatic carbocycles. The van der Waals surface area contributed by atoms with Crippen LogP contribution in [0.3, 0.4) is 0 Å². The van der Waals surface area contributed by atoms with Crippen LogP contribution in [0, 0.1) is 0 Å². The molecule has 3 amide bonds. The summed E-state index contributed by atoms with van der Waals surface area (Å²) in [6, 6.07) is 12.9. The van der Waals surface area contributed by atoms with Crippen LogP contribution in [0.5, 0.6) is 5.75 Å². The van der Waals surface area contributed by atoms with Crippen LogP contribution in [0.2, 0.25) is 0 Å². The lowest BCUT2D eigenvalue weighted by atomic mass is 10.2. The Kier molecular flexibility index (Phi) is 8.37. The first kappa shape index (κ1) is 22.4. The molecule has 158 valence electrons. The van der Waals surface area contributed by atoms with Crippen molar-refractivity contribution < 1.29 is 28.7 Å². The average molecular weight is 413 g/mol. The number of carbonyl (C=O) groups is 4. The Labute approximate surface area is 173 Å². The number of amides is 3. The van der Waals surface area contributed by atoms with E-state index in [0.29, 0.717) is 29.2 Å². The quantitative estimate of drug-likeness (QED) is 0.534. The lowest BCUT2D eigenvalue weighted by Gasteiger charge is -2.10. The highest BCUT2D eigenvalue weighted by Gasteiger charge is 2.14. The number of hydrogen-bond acceptors (Lipinski definition) is 6. The molecule has 3 N–H and O–H groups in total. The van der Waals surface area contributed by atoms with E-state index in [4.69, 9.17) is 9.47 Å². The van der Waals surface area contributed by atoms with E-state index in [0.717, 1.165) is 0 Å². The van der Waals surface area contributed by atoms with Crippen molar-refractivity contribution in [2.75, 3.05) is 32.1 Å². The van der Waals surface area contributed by atoms with Gasteiger partial charge in [0, 0.05) is 18.3 Å². The molecule has 0 aliphatic carbocycles. The number of para-hydroxylation sites is 1. The first-order valence-corrected chi connectivity index (χ1v) is 9.22. The predicted molar refractivity (Wildman–Crippen MR) is 109 cm³/mol. The van der Waals surface area contributed by atoms with Gasteiger partial charge < -0.3 is 25.4 Å². The normalized spacial score (nSPS) is 9.93. The number of esters is 1. The molecule has 0 unspecified atom stereocenters. The van der Waals surface area contributed by atoms with E-state index in [9.17, 15) is 19.2 Å². The van der Waals surface area contributed by atoms with Crippen LogP contribution >= 0.6 is 0 Å². The van der Waals surface area contributed by atoms with Gasteiger partial charge in [0.25, 0.3) is 17.7 Å². The van der Waals surface area contributed by atoms with Gasteiger partial charge in [0.15, 0.2) is 6.61 Å². The summed E-state index contributed by atoms with van der Waals surface area (Å²) in [4.78, 5) is 47.6. The fourth-order valence-electron chi connectivity index (χ4n) is 2.46. The second-order valence-electron chi connectivity index (χ2n) is 5.98. The largest absolute Gasteiger partial charge is 0.493 e. The lowest BCUT2D eigenvalue weighted by molar-refractivity contribution is -0.146. The number of benzene rings is 2. The highest BCUT2D eigenvalue weighted by Crippen LogP contribution is 2.17. The van der Waals surface area contributed by atoms with Crippen LogP contribution in [0.4, 0.5) is 5.69 Å². The fraction of sp³-hybridized carbons (Fsp3) is 0.238. The minimum atomic E-state index is -0.772. The standard InChI is InChI=1S/C21H23N3O6/c1-3-29-17-10-5-4-9-16(17)21(28)23-12-19(26)30-13-18(25)24-15-8-6-7-14(11-15)20(27)22-2/h4-11H,3,12-13H2,1-2H3,(H,22,27)(H,23,28)(H,24,25). The van der Waals surface area contributed by atoms with Crippen molar-refractivity contribution in [3.8, 4) is 5.75 Å². The van der Waals surface area contributed by atoms with Crippen molar-refractivity contribution in [1.82, 2.24) is 10.6 Å². The van der Waals surface area contributed by atoms with E-state index in [1.807, 2.05) is 0 Å². The number of ether oxygens (including phenoxy) is 2. The molecule has 2 rings (SSSR count). The van der Waals surface area contributed by atoms with Crippen LogP contribution in [0.25, 0.3) is 0 Å². The van der Waals surface area contributed by atoms with Gasteiger partial charge in [-0.2, -0.15) is 0 Å². The summed E-state index contributed by atoms with van der Waals surface area (Å²) >= 11 is 0. The minimum Gasteiger partial charge on any atom is -0.493 e. The molecule has 30 heavy (non-hydrogen) atoms. The Morgan fingerprint density at radius 3 is 2.47 bits per heavy atom. The molecule has 0 bridgehead atoms. The van der Waals surface area contributed by atoms with Crippen molar-refractivity contribution in [3.05, 3.63) is 59.7 Å². The Balaban J connectivity index is 1.80. The summed E-state index contributed by atoms with van der Waals surface area (Å²) in [6.07, 6.45) is 0. The first-order valence-electron chi connectivity index (χ1n) is 9.22. The third kappa shape index (κ3) is 6.62. The first-order chi connectivity index (χ1) is 14.4. The Hall–Kier alpha value is -3.88. The number of hydrogen-bond donors (Lipinski definition) is 3. The molecule has 9 nitrogen and oxygen atoms in total. The summed E-state index contributed by atoms with van der Waals surface area (Å²) in [5, 5.41) is 7.44. The molecule has 0 fully saturated rings. The molecule has 0 radical (unpaired) electrons. The summed E-state index contributed by atoms with van der Waals surface area (Å²) in [6.45, 7) is 1.26. The topological polar surface area (TPSA) is 123 Å². The molecule has 0 saturated carbocycles. The summed E-state index contributed by atoms with van der Waals surface area (Å²) in [5.41, 5.74) is 1.06. The van der Waals surface area contributed by atoms with Crippen molar-refractivity contribution in [2.45, 2.75) is 6.92 Å². The van der Waals surface area contributed by atoms with E-state index in [1.54, 1.807) is 49.4 Å². The van der Waals surface area contributed by atoms with Gasteiger partial charge in [-0.05, 0) is 37.3 Å². The maximum atomic E-state index is 12.2. The highest BCUT2D eigenvalue weighted by molar-refractivity contribution is 5.99. The van der Waals surface area contributed by atoms with E-state index in [2.05, 4.69) is 16.0 Å². The lowest BCUT2D eigenvalue weighted by Crippen LogP contribution is -2.32. The molecule has 0 heterocycles. The van der Waals surface area contributed by atoms with E-state index >= 15 is 0 Å². The zero-order valence-corrected chi connectivity index (χ0v) is 16.7. The maximum absolute atomic E-state index is 12.2. The van der Waals surface area contributed by atoms with Crippen molar-refractivity contribution in [2.24, 2.45) is 0 Å². The zero-order valence-electron chi connectivity index (χ0n) is 16.7. The Morgan fingerprint density at radius 2 is 1.73 bits per heavy atom. The smallest absolute Gasteiger partial charge is 0.325 e. The number of carbonyl (C=O) groups excluding carboxylic acids is 4. The van der Waals surface area contributed by atoms with Gasteiger partial charge in [-0.25, -0.2) is 0 Å². The monoisotopic (exact) mass is 413 g/mol. The second-order valence-corrected chi connectivity index (χ2v) is 5.98. The third-order valence-corrected chi connectivity index (χ3v) is 3.82. The summed E-state index contributed by atoms with van der Waals surface area (Å²) in [5.74, 6) is -1.73. The molecule has 0 aliphatic heterocycles. The molecule has 0 saturated heterocycles. The van der Waals surface area contributed by atoms with Crippen molar-refractivity contribution in [1.29, 1.82) is 0 Å². The van der Waals surface area contributed by atoms with Gasteiger partial charge in [-0.1, -0.05) is 18.2 Å². The Bertz CT molecular complexity index is 928. The summed E-state index contributed by atoms with van der Waals surface area (Å²) < 4.78 is 10.2. The van der Waals surface area contributed by atoms with Crippen LogP contribution in [0.1, 0.15) is 27.6 Å². The zero-order chi connectivity index (χ0) is 21.9. The number of anilines is 1. The van der Waals surface area contributed by atoms with Crippen LogP contribution < -0.4 is 20.7 Å². The van der Waals surface area contributed by atoms with Gasteiger partial charge in [0.1, 0.15) is 12.3 Å².